The normalized spacial score (nSPS) is 23.7. The van der Waals surface area contributed by atoms with Gasteiger partial charge in [0.15, 0.2) is 0 Å². The van der Waals surface area contributed by atoms with Crippen LogP contribution in [0.15, 0.2) is 48.5 Å². The van der Waals surface area contributed by atoms with Gasteiger partial charge in [0.05, 0.1) is 27.3 Å². The first-order chi connectivity index (χ1) is 11.5. The van der Waals surface area contributed by atoms with Gasteiger partial charge in [-0.3, -0.25) is 4.79 Å². The second-order valence-electron chi connectivity index (χ2n) is 5.86. The van der Waals surface area contributed by atoms with Crippen molar-refractivity contribution in [3.05, 3.63) is 69.7 Å². The molecule has 1 heterocycles. The summed E-state index contributed by atoms with van der Waals surface area (Å²) in [5.74, 6) is -0.354. The molecule has 1 aliphatic rings. The van der Waals surface area contributed by atoms with E-state index in [4.69, 9.17) is 23.2 Å². The summed E-state index contributed by atoms with van der Waals surface area (Å²) in [6.45, 7) is 1.09. The third-order valence-electron chi connectivity index (χ3n) is 4.42. The summed E-state index contributed by atoms with van der Waals surface area (Å²) in [7, 11) is 0. The highest BCUT2D eigenvalue weighted by Gasteiger charge is 2.43. The van der Waals surface area contributed by atoms with E-state index in [-0.39, 0.29) is 10.9 Å². The Morgan fingerprint density at radius 1 is 1.17 bits per heavy atom. The highest BCUT2D eigenvalue weighted by molar-refractivity contribution is 6.43. The topological polar surface area (TPSA) is 61.4 Å². The number of aliphatic hydroxyl groups excluding tert-OH is 1. The maximum absolute atomic E-state index is 12.8. The zero-order valence-electron chi connectivity index (χ0n) is 12.9. The van der Waals surface area contributed by atoms with Crippen LogP contribution in [0.4, 0.5) is 0 Å². The van der Waals surface area contributed by atoms with Gasteiger partial charge in [-0.25, -0.2) is 0 Å². The van der Waals surface area contributed by atoms with E-state index in [2.05, 4.69) is 10.6 Å². The van der Waals surface area contributed by atoms with E-state index in [1.807, 2.05) is 30.3 Å². The van der Waals surface area contributed by atoms with Crippen LogP contribution in [0.5, 0.6) is 0 Å². The molecule has 1 fully saturated rings. The van der Waals surface area contributed by atoms with Crippen LogP contribution in [0.25, 0.3) is 0 Å². The van der Waals surface area contributed by atoms with Crippen molar-refractivity contribution in [3.63, 3.8) is 0 Å². The molecule has 24 heavy (non-hydrogen) atoms. The molecule has 1 aliphatic heterocycles. The van der Waals surface area contributed by atoms with Crippen molar-refractivity contribution in [1.82, 2.24) is 10.6 Å². The van der Waals surface area contributed by atoms with Gasteiger partial charge < -0.3 is 15.7 Å². The van der Waals surface area contributed by atoms with Crippen molar-refractivity contribution in [2.45, 2.75) is 18.1 Å². The molecule has 0 radical (unpaired) electrons. The van der Waals surface area contributed by atoms with Gasteiger partial charge in [0.25, 0.3) is 5.91 Å². The maximum Gasteiger partial charge on any atom is 0.253 e. The predicted octanol–water partition coefficient (Wildman–Crippen LogP) is 2.97. The fourth-order valence-electron chi connectivity index (χ4n) is 3.10. The van der Waals surface area contributed by atoms with Gasteiger partial charge in [-0.1, -0.05) is 59.6 Å². The Balaban J connectivity index is 1.98. The minimum absolute atomic E-state index is 0.211. The maximum atomic E-state index is 12.8. The summed E-state index contributed by atoms with van der Waals surface area (Å²) in [6, 6.07) is 14.4. The van der Waals surface area contributed by atoms with Gasteiger partial charge in [-0.05, 0) is 30.7 Å². The molecule has 0 saturated carbocycles. The fraction of sp³-hybridized carbons (Fsp3) is 0.278. The molecule has 2 aromatic rings. The molecular weight excluding hydrogens is 347 g/mol. The number of benzene rings is 2. The van der Waals surface area contributed by atoms with Crippen LogP contribution in [0, 0.1) is 0 Å². The molecule has 0 aliphatic carbocycles. The number of piperidine rings is 1. The first-order valence-corrected chi connectivity index (χ1v) is 8.51. The minimum atomic E-state index is -0.866. The van der Waals surface area contributed by atoms with E-state index in [1.54, 1.807) is 18.2 Å². The van der Waals surface area contributed by atoms with Crippen molar-refractivity contribution >= 4 is 29.1 Å². The number of carbonyl (C=O) groups is 1. The SMILES string of the molecule is O=C(N[C@]1(c2ccccc2)CCNC[C@H]1O)c1cccc(Cl)c1Cl. The van der Waals surface area contributed by atoms with Gasteiger partial charge in [0.1, 0.15) is 0 Å². The Morgan fingerprint density at radius 3 is 2.62 bits per heavy atom. The summed E-state index contributed by atoms with van der Waals surface area (Å²) < 4.78 is 0. The zero-order chi connectivity index (χ0) is 17.2. The lowest BCUT2D eigenvalue weighted by molar-refractivity contribution is 0.0290. The molecule has 126 valence electrons. The number of rotatable bonds is 3. The van der Waals surface area contributed by atoms with Crippen molar-refractivity contribution in [3.8, 4) is 0 Å². The quantitative estimate of drug-likeness (QED) is 0.784. The van der Waals surface area contributed by atoms with Crippen molar-refractivity contribution in [1.29, 1.82) is 0 Å². The van der Waals surface area contributed by atoms with E-state index < -0.39 is 11.6 Å². The Kier molecular flexibility index (Phi) is 5.11. The van der Waals surface area contributed by atoms with Gasteiger partial charge in [0, 0.05) is 6.54 Å². The summed E-state index contributed by atoms with van der Waals surface area (Å²) in [4.78, 5) is 12.8. The first kappa shape index (κ1) is 17.2. The Bertz CT molecular complexity index is 739. The first-order valence-electron chi connectivity index (χ1n) is 7.75. The lowest BCUT2D eigenvalue weighted by atomic mass is 9.79. The molecule has 0 bridgehead atoms. The van der Waals surface area contributed by atoms with Crippen LogP contribution in [0.2, 0.25) is 10.0 Å². The van der Waals surface area contributed by atoms with Gasteiger partial charge in [-0.15, -0.1) is 0 Å². The highest BCUT2D eigenvalue weighted by Crippen LogP contribution is 2.33. The molecule has 4 nitrogen and oxygen atoms in total. The Labute approximate surface area is 150 Å². The number of β-amino-alcohol motifs (C(OH)–C–C–N with tert-alkyl or cyclic N) is 1. The standard InChI is InChI=1S/C18H18Cl2N2O2/c19-14-8-4-7-13(16(14)20)17(24)22-18(9-10-21-11-15(18)23)12-5-2-1-3-6-12/h1-8,15,21,23H,9-11H2,(H,22,24)/t15-,18+/m1/s1. The van der Waals surface area contributed by atoms with Crippen LogP contribution >= 0.6 is 23.2 Å². The van der Waals surface area contributed by atoms with Gasteiger partial charge in [0.2, 0.25) is 0 Å². The fourth-order valence-corrected chi connectivity index (χ4v) is 3.49. The number of hydrogen-bond acceptors (Lipinski definition) is 3. The van der Waals surface area contributed by atoms with Crippen LogP contribution < -0.4 is 10.6 Å². The van der Waals surface area contributed by atoms with Crippen LogP contribution in [0.3, 0.4) is 0 Å². The third kappa shape index (κ3) is 3.15. The van der Waals surface area contributed by atoms with E-state index in [0.717, 1.165) is 5.56 Å². The van der Waals surface area contributed by atoms with Gasteiger partial charge in [-0.2, -0.15) is 0 Å². The molecule has 3 N–H and O–H groups in total. The Morgan fingerprint density at radius 2 is 1.92 bits per heavy atom. The molecule has 0 unspecified atom stereocenters. The molecule has 1 amide bonds. The van der Waals surface area contributed by atoms with Crippen LogP contribution in [-0.4, -0.2) is 30.2 Å². The highest BCUT2D eigenvalue weighted by atomic mass is 35.5. The van der Waals surface area contributed by atoms with Gasteiger partial charge >= 0.3 is 0 Å². The molecule has 1 saturated heterocycles. The minimum Gasteiger partial charge on any atom is -0.389 e. The molecule has 2 atom stereocenters. The van der Waals surface area contributed by atoms with Crippen LogP contribution in [-0.2, 0) is 5.54 Å². The number of hydrogen-bond donors (Lipinski definition) is 3. The molecule has 0 spiro atoms. The molecule has 6 heteroatoms. The van der Waals surface area contributed by atoms with E-state index in [9.17, 15) is 9.90 Å². The van der Waals surface area contributed by atoms with Crippen molar-refractivity contribution in [2.24, 2.45) is 0 Å². The molecular formula is C18H18Cl2N2O2. The van der Waals surface area contributed by atoms with Crippen molar-refractivity contribution in [2.75, 3.05) is 13.1 Å². The largest absolute Gasteiger partial charge is 0.389 e. The Hall–Kier alpha value is -1.59. The number of amides is 1. The van der Waals surface area contributed by atoms with Crippen LogP contribution in [0.1, 0.15) is 22.3 Å². The average molecular weight is 365 g/mol. The lowest BCUT2D eigenvalue weighted by Crippen LogP contribution is -2.61. The number of carbonyl (C=O) groups excluding carboxylic acids is 1. The summed E-state index contributed by atoms with van der Waals surface area (Å²) in [5.41, 5.74) is 0.297. The smallest absolute Gasteiger partial charge is 0.253 e. The zero-order valence-corrected chi connectivity index (χ0v) is 14.4. The lowest BCUT2D eigenvalue weighted by Gasteiger charge is -2.43. The number of halogens is 2. The summed E-state index contributed by atoms with van der Waals surface area (Å²) in [5, 5.41) is 17.3. The summed E-state index contributed by atoms with van der Waals surface area (Å²) >= 11 is 12.2. The second kappa shape index (κ2) is 7.11. The summed E-state index contributed by atoms with van der Waals surface area (Å²) in [6.07, 6.45) is -0.183. The number of nitrogens with one attached hydrogen (secondary N) is 2. The predicted molar refractivity (Wildman–Crippen MR) is 95.5 cm³/mol. The molecule has 2 aromatic carbocycles. The monoisotopic (exact) mass is 364 g/mol. The molecule has 3 rings (SSSR count). The second-order valence-corrected chi connectivity index (χ2v) is 6.65. The molecule has 0 aromatic heterocycles. The van der Waals surface area contributed by atoms with E-state index in [1.165, 1.54) is 0 Å². The third-order valence-corrected chi connectivity index (χ3v) is 5.24. The van der Waals surface area contributed by atoms with E-state index >= 15 is 0 Å². The van der Waals surface area contributed by atoms with Crippen molar-refractivity contribution < 1.29 is 9.90 Å². The number of aliphatic hydroxyl groups is 1. The van der Waals surface area contributed by atoms with E-state index in [0.29, 0.717) is 30.1 Å². The average Bonchev–Trinajstić information content (AvgIpc) is 2.60.